The molecule has 1 aromatic heterocycles. The van der Waals surface area contributed by atoms with E-state index in [4.69, 9.17) is 0 Å². The molecule has 0 spiro atoms. The molecule has 154 valence electrons. The van der Waals surface area contributed by atoms with E-state index in [0.29, 0.717) is 25.9 Å². The van der Waals surface area contributed by atoms with Crippen molar-refractivity contribution in [1.82, 2.24) is 14.6 Å². The Kier molecular flexibility index (Phi) is 5.92. The van der Waals surface area contributed by atoms with Gasteiger partial charge in [0.2, 0.25) is 15.9 Å². The fraction of sp³-hybridized carbons (Fsp3) is 0.217. The van der Waals surface area contributed by atoms with Gasteiger partial charge in [-0.3, -0.25) is 9.78 Å². The first-order valence-corrected chi connectivity index (χ1v) is 11.4. The number of hydrogen-bond acceptors (Lipinski definition) is 4. The number of carbonyl (C=O) groups excluding carboxylic acids is 1. The van der Waals surface area contributed by atoms with Gasteiger partial charge in [0.05, 0.1) is 10.4 Å². The zero-order chi connectivity index (χ0) is 21.0. The predicted molar refractivity (Wildman–Crippen MR) is 117 cm³/mol. The third kappa shape index (κ3) is 4.58. The number of likely N-dealkylation sites (tertiary alicyclic amines) is 1. The summed E-state index contributed by atoms with van der Waals surface area (Å²) in [6, 6.07) is 17.9. The number of carbonyl (C=O) groups is 1. The van der Waals surface area contributed by atoms with Crippen molar-refractivity contribution >= 4 is 32.9 Å². The molecule has 1 saturated heterocycles. The van der Waals surface area contributed by atoms with Crippen molar-refractivity contribution in [2.24, 2.45) is 0 Å². The molecule has 1 amide bonds. The number of benzene rings is 2. The molecular formula is C23H23N3O3S. The van der Waals surface area contributed by atoms with E-state index in [2.05, 4.69) is 9.71 Å². The molecule has 0 unspecified atom stereocenters. The number of para-hydroxylation sites is 1. The minimum atomic E-state index is -3.54. The highest BCUT2D eigenvalue weighted by Gasteiger charge is 2.25. The molecule has 0 saturated carbocycles. The molecule has 0 bridgehead atoms. The molecule has 1 N–H and O–H groups in total. The number of fused-ring (bicyclic) bond motifs is 1. The molecule has 2 heterocycles. The quantitative estimate of drug-likeness (QED) is 0.642. The Labute approximate surface area is 176 Å². The number of rotatable bonds is 5. The lowest BCUT2D eigenvalue weighted by atomic mass is 10.1. The number of sulfonamides is 1. The number of aromatic nitrogens is 1. The standard InChI is InChI=1S/C23H23N3O3S/c27-22(12-11-19-7-4-6-18-8-5-15-24-23(18)19)26-16-13-20(14-17-26)25-30(28,29)21-9-2-1-3-10-21/h1-12,15,20,25H,13-14,16-17H2/b12-11+. The van der Waals surface area contributed by atoms with Crippen LogP contribution in [-0.4, -0.2) is 43.3 Å². The molecule has 0 atom stereocenters. The van der Waals surface area contributed by atoms with Gasteiger partial charge in [-0.15, -0.1) is 0 Å². The van der Waals surface area contributed by atoms with Crippen LogP contribution in [0.5, 0.6) is 0 Å². The minimum Gasteiger partial charge on any atom is -0.339 e. The van der Waals surface area contributed by atoms with Crippen LogP contribution in [0.25, 0.3) is 17.0 Å². The molecule has 1 aliphatic heterocycles. The van der Waals surface area contributed by atoms with Crippen LogP contribution < -0.4 is 4.72 Å². The first kappa shape index (κ1) is 20.3. The molecule has 3 aromatic rings. The van der Waals surface area contributed by atoms with Crippen molar-refractivity contribution in [2.45, 2.75) is 23.8 Å². The maximum Gasteiger partial charge on any atom is 0.246 e. The Morgan fingerprint density at radius 1 is 1.00 bits per heavy atom. The summed E-state index contributed by atoms with van der Waals surface area (Å²) in [7, 11) is -3.54. The van der Waals surface area contributed by atoms with Crippen LogP contribution in [0.2, 0.25) is 0 Å². The van der Waals surface area contributed by atoms with E-state index in [0.717, 1.165) is 16.5 Å². The zero-order valence-corrected chi connectivity index (χ0v) is 17.3. The molecule has 30 heavy (non-hydrogen) atoms. The molecule has 4 rings (SSSR count). The minimum absolute atomic E-state index is 0.0766. The SMILES string of the molecule is O=C(/C=C/c1cccc2cccnc12)N1CCC(NS(=O)(=O)c2ccccc2)CC1. The van der Waals surface area contributed by atoms with Crippen LogP contribution in [-0.2, 0) is 14.8 Å². The fourth-order valence-electron chi connectivity index (χ4n) is 3.63. The predicted octanol–water partition coefficient (Wildman–Crippen LogP) is 3.22. The summed E-state index contributed by atoms with van der Waals surface area (Å²) >= 11 is 0. The van der Waals surface area contributed by atoms with Gasteiger partial charge in [-0.05, 0) is 37.1 Å². The Bertz CT molecular complexity index is 1160. The van der Waals surface area contributed by atoms with E-state index in [1.165, 1.54) is 0 Å². The number of amides is 1. The molecule has 1 aliphatic rings. The monoisotopic (exact) mass is 421 g/mol. The lowest BCUT2D eigenvalue weighted by molar-refractivity contribution is -0.126. The third-order valence-electron chi connectivity index (χ3n) is 5.25. The highest BCUT2D eigenvalue weighted by Crippen LogP contribution is 2.18. The third-order valence-corrected chi connectivity index (χ3v) is 6.79. The Morgan fingerprint density at radius 3 is 2.50 bits per heavy atom. The summed E-state index contributed by atoms with van der Waals surface area (Å²) in [5.74, 6) is -0.0766. The normalized spacial score (nSPS) is 15.7. The van der Waals surface area contributed by atoms with E-state index in [9.17, 15) is 13.2 Å². The van der Waals surface area contributed by atoms with Gasteiger partial charge in [0, 0.05) is 42.4 Å². The molecule has 7 heteroatoms. The smallest absolute Gasteiger partial charge is 0.246 e. The summed E-state index contributed by atoms with van der Waals surface area (Å²) in [6.45, 7) is 1.03. The van der Waals surface area contributed by atoms with Crippen molar-refractivity contribution in [3.63, 3.8) is 0 Å². The molecular weight excluding hydrogens is 398 g/mol. The van der Waals surface area contributed by atoms with Gasteiger partial charge in [0.15, 0.2) is 0 Å². The number of pyridine rings is 1. The van der Waals surface area contributed by atoms with E-state index >= 15 is 0 Å². The van der Waals surface area contributed by atoms with Crippen LogP contribution >= 0.6 is 0 Å². The maximum atomic E-state index is 12.6. The van der Waals surface area contributed by atoms with Gasteiger partial charge in [-0.2, -0.15) is 0 Å². The maximum absolute atomic E-state index is 12.6. The second kappa shape index (κ2) is 8.77. The lowest BCUT2D eigenvalue weighted by Gasteiger charge is -2.31. The highest BCUT2D eigenvalue weighted by molar-refractivity contribution is 7.89. The first-order valence-electron chi connectivity index (χ1n) is 9.91. The van der Waals surface area contributed by atoms with Crippen LogP contribution in [0.3, 0.4) is 0 Å². The zero-order valence-electron chi connectivity index (χ0n) is 16.4. The summed E-state index contributed by atoms with van der Waals surface area (Å²) in [5, 5.41) is 1.03. The number of nitrogens with one attached hydrogen (secondary N) is 1. The van der Waals surface area contributed by atoms with Crippen molar-refractivity contribution in [2.75, 3.05) is 13.1 Å². The topological polar surface area (TPSA) is 79.4 Å². The first-order chi connectivity index (χ1) is 14.5. The van der Waals surface area contributed by atoms with Crippen LogP contribution in [0.1, 0.15) is 18.4 Å². The van der Waals surface area contributed by atoms with Crippen LogP contribution in [0.15, 0.2) is 77.8 Å². The lowest BCUT2D eigenvalue weighted by Crippen LogP contribution is -2.46. The van der Waals surface area contributed by atoms with E-state index in [1.54, 1.807) is 53.6 Å². The van der Waals surface area contributed by atoms with E-state index < -0.39 is 10.0 Å². The molecule has 0 radical (unpaired) electrons. The summed E-state index contributed by atoms with van der Waals surface area (Å²) in [5.41, 5.74) is 1.75. The van der Waals surface area contributed by atoms with Gasteiger partial charge in [0.25, 0.3) is 0 Å². The second-order valence-corrected chi connectivity index (χ2v) is 9.00. The van der Waals surface area contributed by atoms with Crippen molar-refractivity contribution < 1.29 is 13.2 Å². The van der Waals surface area contributed by atoms with Crippen molar-refractivity contribution in [3.05, 3.63) is 78.5 Å². The van der Waals surface area contributed by atoms with Gasteiger partial charge in [-0.25, -0.2) is 13.1 Å². The van der Waals surface area contributed by atoms with E-state index in [1.807, 2.05) is 30.3 Å². The summed E-state index contributed by atoms with van der Waals surface area (Å²) in [6.07, 6.45) is 6.27. The summed E-state index contributed by atoms with van der Waals surface area (Å²) in [4.78, 5) is 19.0. The van der Waals surface area contributed by atoms with Crippen molar-refractivity contribution in [1.29, 1.82) is 0 Å². The van der Waals surface area contributed by atoms with Gasteiger partial charge >= 0.3 is 0 Å². The average molecular weight is 422 g/mol. The van der Waals surface area contributed by atoms with Gasteiger partial charge < -0.3 is 4.90 Å². The number of nitrogens with zero attached hydrogens (tertiary/aromatic N) is 2. The Hall–Kier alpha value is -3.03. The van der Waals surface area contributed by atoms with Gasteiger partial charge in [0.1, 0.15) is 0 Å². The van der Waals surface area contributed by atoms with Gasteiger partial charge in [-0.1, -0.05) is 42.5 Å². The van der Waals surface area contributed by atoms with Crippen LogP contribution in [0, 0.1) is 0 Å². The fourth-order valence-corrected chi connectivity index (χ4v) is 4.96. The largest absolute Gasteiger partial charge is 0.339 e. The molecule has 2 aromatic carbocycles. The Balaban J connectivity index is 1.36. The molecule has 6 nitrogen and oxygen atoms in total. The Morgan fingerprint density at radius 2 is 1.73 bits per heavy atom. The van der Waals surface area contributed by atoms with Crippen LogP contribution in [0.4, 0.5) is 0 Å². The highest BCUT2D eigenvalue weighted by atomic mass is 32.2. The summed E-state index contributed by atoms with van der Waals surface area (Å²) < 4.78 is 27.7. The molecule has 1 fully saturated rings. The molecule has 0 aliphatic carbocycles. The number of hydrogen-bond donors (Lipinski definition) is 1. The number of piperidine rings is 1. The second-order valence-electron chi connectivity index (χ2n) is 7.29. The average Bonchev–Trinajstić information content (AvgIpc) is 2.78. The van der Waals surface area contributed by atoms with Crippen molar-refractivity contribution in [3.8, 4) is 0 Å². The van der Waals surface area contributed by atoms with E-state index in [-0.39, 0.29) is 16.8 Å².